The average molecular weight is 210 g/mol. The van der Waals surface area contributed by atoms with Crippen LogP contribution in [0.3, 0.4) is 0 Å². The third kappa shape index (κ3) is 2.04. The van der Waals surface area contributed by atoms with Crippen molar-refractivity contribution in [2.75, 3.05) is 6.61 Å². The molecule has 6 N–H and O–H groups in total. The summed E-state index contributed by atoms with van der Waals surface area (Å²) in [6, 6.07) is 0. The lowest BCUT2D eigenvalue weighted by Gasteiger charge is -2.39. The van der Waals surface area contributed by atoms with Gasteiger partial charge in [0.1, 0.15) is 30.5 Å². The molecule has 14 heavy (non-hydrogen) atoms. The highest BCUT2D eigenvalue weighted by molar-refractivity contribution is 4.91. The van der Waals surface area contributed by atoms with Crippen LogP contribution in [0.5, 0.6) is 0 Å². The normalized spacial score (nSPS) is 46.3. The second-order valence-corrected chi connectivity index (χ2v) is 3.21. The van der Waals surface area contributed by atoms with E-state index < -0.39 is 43.4 Å². The van der Waals surface area contributed by atoms with Gasteiger partial charge in [0.25, 0.3) is 0 Å². The fourth-order valence-electron chi connectivity index (χ4n) is 1.31. The number of rotatable bonds is 2. The van der Waals surface area contributed by atoms with Crippen molar-refractivity contribution in [2.45, 2.75) is 36.8 Å². The van der Waals surface area contributed by atoms with Crippen LogP contribution < -0.4 is 0 Å². The summed E-state index contributed by atoms with van der Waals surface area (Å²) in [5, 5.41) is 54.3. The number of aliphatic hydroxyl groups is 6. The molecule has 1 fully saturated rings. The van der Waals surface area contributed by atoms with Gasteiger partial charge in [-0.2, -0.15) is 0 Å². The molecular weight excluding hydrogens is 196 g/mol. The highest BCUT2D eigenvalue weighted by Gasteiger charge is 2.45. The Morgan fingerprint density at radius 3 is 2.07 bits per heavy atom. The predicted octanol–water partition coefficient (Wildman–Crippen LogP) is -3.86. The molecule has 0 radical (unpaired) electrons. The minimum absolute atomic E-state index is 0.683. The molecule has 0 spiro atoms. The standard InChI is InChI=1S/C7H14O7/c8-1-2(9)6-4(11)3(10)5(12)7(13)14-6/h2-13H,1H2/t2-,3-,4+,5+,6+,7+/m0/s1. The Bertz CT molecular complexity index is 187. The van der Waals surface area contributed by atoms with Crippen molar-refractivity contribution in [1.82, 2.24) is 0 Å². The Morgan fingerprint density at radius 1 is 1.00 bits per heavy atom. The summed E-state index contributed by atoms with van der Waals surface area (Å²) in [5.41, 5.74) is 0. The SMILES string of the molecule is OC[C@H](O)[C@H]1O[C@@H](O)[C@H](O)[C@@H](O)[C@H]1O. The number of hydrogen-bond acceptors (Lipinski definition) is 7. The zero-order valence-corrected chi connectivity index (χ0v) is 7.26. The first-order chi connectivity index (χ1) is 6.49. The third-order valence-corrected chi connectivity index (χ3v) is 2.19. The van der Waals surface area contributed by atoms with E-state index in [-0.39, 0.29) is 0 Å². The lowest BCUT2D eigenvalue weighted by Crippen LogP contribution is -2.61. The van der Waals surface area contributed by atoms with Gasteiger partial charge in [0.05, 0.1) is 6.61 Å². The highest BCUT2D eigenvalue weighted by Crippen LogP contribution is 2.21. The maximum absolute atomic E-state index is 9.31. The molecule has 84 valence electrons. The van der Waals surface area contributed by atoms with Crippen LogP contribution >= 0.6 is 0 Å². The number of ether oxygens (including phenoxy) is 1. The maximum Gasteiger partial charge on any atom is 0.184 e. The van der Waals surface area contributed by atoms with Crippen molar-refractivity contribution in [3.05, 3.63) is 0 Å². The van der Waals surface area contributed by atoms with E-state index in [1.54, 1.807) is 0 Å². The van der Waals surface area contributed by atoms with Crippen LogP contribution in [0.4, 0.5) is 0 Å². The lowest BCUT2D eigenvalue weighted by molar-refractivity contribution is -0.298. The van der Waals surface area contributed by atoms with Gasteiger partial charge < -0.3 is 35.4 Å². The van der Waals surface area contributed by atoms with Crippen molar-refractivity contribution >= 4 is 0 Å². The first-order valence-electron chi connectivity index (χ1n) is 4.15. The molecule has 1 aliphatic heterocycles. The largest absolute Gasteiger partial charge is 0.394 e. The van der Waals surface area contributed by atoms with E-state index in [2.05, 4.69) is 4.74 Å². The van der Waals surface area contributed by atoms with Gasteiger partial charge >= 0.3 is 0 Å². The van der Waals surface area contributed by atoms with Crippen LogP contribution in [0.1, 0.15) is 0 Å². The molecule has 0 amide bonds. The minimum atomic E-state index is -1.69. The maximum atomic E-state index is 9.31. The first-order valence-corrected chi connectivity index (χ1v) is 4.15. The zero-order valence-electron chi connectivity index (χ0n) is 7.26. The third-order valence-electron chi connectivity index (χ3n) is 2.19. The Kier molecular flexibility index (Phi) is 3.78. The molecule has 7 heteroatoms. The molecule has 0 aromatic rings. The van der Waals surface area contributed by atoms with E-state index in [1.165, 1.54) is 0 Å². The molecule has 1 saturated heterocycles. The topological polar surface area (TPSA) is 131 Å². The fraction of sp³-hybridized carbons (Fsp3) is 1.00. The summed E-state index contributed by atoms with van der Waals surface area (Å²) >= 11 is 0. The number of aliphatic hydroxyl groups excluding tert-OH is 6. The summed E-state index contributed by atoms with van der Waals surface area (Å²) in [7, 11) is 0. The Labute approximate surface area is 79.8 Å². The van der Waals surface area contributed by atoms with Gasteiger partial charge in [-0.1, -0.05) is 0 Å². The Balaban J connectivity index is 2.70. The summed E-state index contributed by atoms with van der Waals surface area (Å²) in [6.07, 6.45) is -9.26. The van der Waals surface area contributed by atoms with E-state index in [9.17, 15) is 10.2 Å². The van der Waals surface area contributed by atoms with Gasteiger partial charge in [0.2, 0.25) is 0 Å². The predicted molar refractivity (Wildman–Crippen MR) is 42.0 cm³/mol. The van der Waals surface area contributed by atoms with E-state index in [1.807, 2.05) is 0 Å². The molecule has 1 heterocycles. The van der Waals surface area contributed by atoms with Crippen molar-refractivity contribution in [1.29, 1.82) is 0 Å². The van der Waals surface area contributed by atoms with Crippen molar-refractivity contribution in [2.24, 2.45) is 0 Å². The van der Waals surface area contributed by atoms with Gasteiger partial charge in [-0.05, 0) is 0 Å². The molecule has 6 atom stereocenters. The quantitative estimate of drug-likeness (QED) is 0.275. The monoisotopic (exact) mass is 210 g/mol. The van der Waals surface area contributed by atoms with Crippen LogP contribution in [-0.4, -0.2) is 74.1 Å². The first kappa shape index (κ1) is 11.8. The molecule has 0 unspecified atom stereocenters. The molecule has 1 rings (SSSR count). The van der Waals surface area contributed by atoms with Gasteiger partial charge in [-0.25, -0.2) is 0 Å². The molecular formula is C7H14O7. The molecule has 0 aromatic carbocycles. The smallest absolute Gasteiger partial charge is 0.184 e. The Hall–Kier alpha value is -0.280. The molecule has 0 bridgehead atoms. The highest BCUT2D eigenvalue weighted by atomic mass is 16.6. The minimum Gasteiger partial charge on any atom is -0.394 e. The van der Waals surface area contributed by atoms with E-state index in [0.29, 0.717) is 0 Å². The molecule has 7 nitrogen and oxygen atoms in total. The van der Waals surface area contributed by atoms with Crippen molar-refractivity contribution < 1.29 is 35.4 Å². The summed E-state index contributed by atoms with van der Waals surface area (Å²) in [4.78, 5) is 0. The van der Waals surface area contributed by atoms with Crippen LogP contribution in [0.15, 0.2) is 0 Å². The van der Waals surface area contributed by atoms with Crippen molar-refractivity contribution in [3.63, 3.8) is 0 Å². The molecule has 0 saturated carbocycles. The van der Waals surface area contributed by atoms with Crippen LogP contribution in [0.2, 0.25) is 0 Å². The second-order valence-electron chi connectivity index (χ2n) is 3.21. The van der Waals surface area contributed by atoms with E-state index >= 15 is 0 Å². The van der Waals surface area contributed by atoms with Gasteiger partial charge in [-0.3, -0.25) is 0 Å². The summed E-state index contributed by atoms with van der Waals surface area (Å²) in [5.74, 6) is 0. The number of hydrogen-bond donors (Lipinski definition) is 6. The summed E-state index contributed by atoms with van der Waals surface area (Å²) in [6.45, 7) is -0.683. The second kappa shape index (κ2) is 4.49. The van der Waals surface area contributed by atoms with Crippen molar-refractivity contribution in [3.8, 4) is 0 Å². The summed E-state index contributed by atoms with van der Waals surface area (Å²) < 4.78 is 4.62. The van der Waals surface area contributed by atoms with E-state index in [0.717, 1.165) is 0 Å². The molecule has 0 aliphatic carbocycles. The van der Waals surface area contributed by atoms with Gasteiger partial charge in [0, 0.05) is 0 Å². The average Bonchev–Trinajstić information content (AvgIpc) is 2.19. The van der Waals surface area contributed by atoms with Crippen LogP contribution in [0, 0.1) is 0 Å². The van der Waals surface area contributed by atoms with Crippen LogP contribution in [-0.2, 0) is 4.74 Å². The molecule has 1 aliphatic rings. The van der Waals surface area contributed by atoms with Gasteiger partial charge in [-0.15, -0.1) is 0 Å². The van der Waals surface area contributed by atoms with Crippen LogP contribution in [0.25, 0.3) is 0 Å². The fourth-order valence-corrected chi connectivity index (χ4v) is 1.31. The van der Waals surface area contributed by atoms with E-state index in [4.69, 9.17) is 20.4 Å². The molecule has 0 aromatic heterocycles. The zero-order chi connectivity index (χ0) is 10.9. The van der Waals surface area contributed by atoms with Gasteiger partial charge in [0.15, 0.2) is 6.29 Å². The lowest BCUT2D eigenvalue weighted by atomic mass is 9.96. The Morgan fingerprint density at radius 2 is 1.57 bits per heavy atom.